The van der Waals surface area contributed by atoms with Gasteiger partial charge in [-0.3, -0.25) is 0 Å². The van der Waals surface area contributed by atoms with E-state index in [0.717, 1.165) is 25.4 Å². The predicted molar refractivity (Wildman–Crippen MR) is 85.1 cm³/mol. The van der Waals surface area contributed by atoms with Crippen LogP contribution in [0.25, 0.3) is 10.9 Å². The lowest BCUT2D eigenvalue weighted by Gasteiger charge is -2.08. The molecule has 0 amide bonds. The molecule has 0 aliphatic rings. The molecule has 4 nitrogen and oxygen atoms in total. The fraction of sp³-hybridized carbons (Fsp3) is 0.0714. The predicted octanol–water partition coefficient (Wildman–Crippen LogP) is 3.98. The third-order valence-corrected chi connectivity index (χ3v) is 4.64. The minimum Gasteiger partial charge on any atom is -0.357 e. The Kier molecular flexibility index (Phi) is 3.84. The van der Waals surface area contributed by atoms with Crippen molar-refractivity contribution in [1.29, 1.82) is 0 Å². The molecule has 6 heteroatoms. The molecule has 0 aliphatic carbocycles. The molecule has 2 aromatic heterocycles. The maximum absolute atomic E-state index is 4.54. The number of pyridine rings is 1. The van der Waals surface area contributed by atoms with Gasteiger partial charge in [0.1, 0.15) is 10.1 Å². The summed E-state index contributed by atoms with van der Waals surface area (Å²) < 4.78 is 0.957. The highest BCUT2D eigenvalue weighted by Crippen LogP contribution is 2.34. The Morgan fingerprint density at radius 3 is 2.70 bits per heavy atom. The zero-order valence-electron chi connectivity index (χ0n) is 10.7. The second kappa shape index (κ2) is 5.76. The zero-order valence-corrected chi connectivity index (χ0v) is 13.1. The Bertz CT molecular complexity index is 763. The summed E-state index contributed by atoms with van der Waals surface area (Å²) in [6, 6.07) is 11.8. The number of para-hydroxylation sites is 1. The van der Waals surface area contributed by atoms with Gasteiger partial charge in [0.2, 0.25) is 5.95 Å². The van der Waals surface area contributed by atoms with Crippen molar-refractivity contribution in [1.82, 2.24) is 15.0 Å². The number of hydrogen-bond acceptors (Lipinski definition) is 5. The first-order valence-corrected chi connectivity index (χ1v) is 7.62. The third-order valence-electron chi connectivity index (χ3n) is 2.71. The number of nitrogens with one attached hydrogen (secondary N) is 1. The molecule has 3 aromatic rings. The van der Waals surface area contributed by atoms with Crippen molar-refractivity contribution in [2.45, 2.75) is 10.1 Å². The van der Waals surface area contributed by atoms with Crippen LogP contribution in [0.1, 0.15) is 0 Å². The summed E-state index contributed by atoms with van der Waals surface area (Å²) in [7, 11) is 1.81. The first-order chi connectivity index (χ1) is 9.78. The van der Waals surface area contributed by atoms with Crippen molar-refractivity contribution in [3.8, 4) is 0 Å². The molecule has 0 aliphatic heterocycles. The molecule has 20 heavy (non-hydrogen) atoms. The van der Waals surface area contributed by atoms with Crippen LogP contribution in [0.4, 0.5) is 5.95 Å². The molecule has 0 atom stereocenters. The topological polar surface area (TPSA) is 50.7 Å². The van der Waals surface area contributed by atoms with Crippen molar-refractivity contribution >= 4 is 44.5 Å². The van der Waals surface area contributed by atoms with Gasteiger partial charge in [0.25, 0.3) is 0 Å². The highest BCUT2D eigenvalue weighted by atomic mass is 79.9. The molecule has 1 N–H and O–H groups in total. The van der Waals surface area contributed by atoms with Crippen molar-refractivity contribution < 1.29 is 0 Å². The van der Waals surface area contributed by atoms with E-state index in [2.05, 4.69) is 36.2 Å². The fourth-order valence-corrected chi connectivity index (χ4v) is 3.15. The SMILES string of the molecule is CNc1nc(Sc2ncccc2Br)c2ccccc2n1. The van der Waals surface area contributed by atoms with Gasteiger partial charge in [-0.25, -0.2) is 15.0 Å². The molecule has 0 saturated carbocycles. The fourth-order valence-electron chi connectivity index (χ4n) is 1.77. The molecular formula is C14H11BrN4S. The van der Waals surface area contributed by atoms with Crippen LogP contribution in [-0.2, 0) is 0 Å². The number of nitrogens with zero attached hydrogens (tertiary/aromatic N) is 3. The van der Waals surface area contributed by atoms with E-state index in [9.17, 15) is 0 Å². The second-order valence-electron chi connectivity index (χ2n) is 4.01. The van der Waals surface area contributed by atoms with Gasteiger partial charge in [0.15, 0.2) is 0 Å². The smallest absolute Gasteiger partial charge is 0.224 e. The number of aromatic nitrogens is 3. The Hall–Kier alpha value is -1.66. The van der Waals surface area contributed by atoms with Crippen LogP contribution in [0.3, 0.4) is 0 Å². The van der Waals surface area contributed by atoms with Crippen LogP contribution in [-0.4, -0.2) is 22.0 Å². The van der Waals surface area contributed by atoms with Gasteiger partial charge in [-0.2, -0.15) is 0 Å². The summed E-state index contributed by atoms with van der Waals surface area (Å²) in [5.41, 5.74) is 0.918. The van der Waals surface area contributed by atoms with Crippen LogP contribution >= 0.6 is 27.7 Å². The summed E-state index contributed by atoms with van der Waals surface area (Å²) in [6.45, 7) is 0. The van der Waals surface area contributed by atoms with Gasteiger partial charge >= 0.3 is 0 Å². The first kappa shape index (κ1) is 13.3. The maximum Gasteiger partial charge on any atom is 0.224 e. The molecule has 0 radical (unpaired) electrons. The molecule has 2 heterocycles. The summed E-state index contributed by atoms with van der Waals surface area (Å²) in [4.78, 5) is 13.4. The quantitative estimate of drug-likeness (QED) is 0.727. The van der Waals surface area contributed by atoms with Gasteiger partial charge in [0, 0.05) is 18.6 Å². The number of anilines is 1. The van der Waals surface area contributed by atoms with Gasteiger partial charge in [-0.05, 0) is 45.9 Å². The van der Waals surface area contributed by atoms with Crippen LogP contribution in [0.2, 0.25) is 0 Å². The normalized spacial score (nSPS) is 10.7. The van der Waals surface area contributed by atoms with Crippen molar-refractivity contribution in [3.63, 3.8) is 0 Å². The zero-order chi connectivity index (χ0) is 13.9. The number of benzene rings is 1. The number of fused-ring (bicyclic) bond motifs is 1. The highest BCUT2D eigenvalue weighted by molar-refractivity contribution is 9.10. The van der Waals surface area contributed by atoms with Crippen LogP contribution in [0, 0.1) is 0 Å². The average molecular weight is 347 g/mol. The summed E-state index contributed by atoms with van der Waals surface area (Å²) in [5, 5.41) is 5.79. The van der Waals surface area contributed by atoms with Crippen LogP contribution in [0.15, 0.2) is 57.1 Å². The minimum absolute atomic E-state index is 0.609. The molecule has 100 valence electrons. The monoisotopic (exact) mass is 346 g/mol. The van der Waals surface area contributed by atoms with Gasteiger partial charge in [-0.1, -0.05) is 18.2 Å². The van der Waals surface area contributed by atoms with E-state index >= 15 is 0 Å². The molecule has 0 bridgehead atoms. The summed E-state index contributed by atoms with van der Waals surface area (Å²) in [5.74, 6) is 0.609. The summed E-state index contributed by atoms with van der Waals surface area (Å²) in [6.07, 6.45) is 1.77. The van der Waals surface area contributed by atoms with E-state index in [0.29, 0.717) is 5.95 Å². The number of halogens is 1. The van der Waals surface area contributed by atoms with E-state index in [1.165, 1.54) is 11.8 Å². The Morgan fingerprint density at radius 2 is 1.90 bits per heavy atom. The van der Waals surface area contributed by atoms with E-state index in [4.69, 9.17) is 0 Å². The number of rotatable bonds is 3. The lowest BCUT2D eigenvalue weighted by Crippen LogP contribution is -1.98. The van der Waals surface area contributed by atoms with E-state index in [-0.39, 0.29) is 0 Å². The first-order valence-electron chi connectivity index (χ1n) is 6.01. The van der Waals surface area contributed by atoms with Crippen LogP contribution < -0.4 is 5.32 Å². The standard InChI is InChI=1S/C14H11BrN4S/c1-16-14-18-11-7-3-2-5-9(11)12(19-14)20-13-10(15)6-4-8-17-13/h2-8H,1H3,(H,16,18,19). The molecule has 3 rings (SSSR count). The Balaban J connectivity index is 2.13. The van der Waals surface area contributed by atoms with Gasteiger partial charge in [0.05, 0.1) is 9.99 Å². The average Bonchev–Trinajstić information content (AvgIpc) is 2.49. The van der Waals surface area contributed by atoms with Crippen molar-refractivity contribution in [3.05, 3.63) is 47.1 Å². The molecular weight excluding hydrogens is 336 g/mol. The molecule has 0 saturated heterocycles. The van der Waals surface area contributed by atoms with E-state index in [1.54, 1.807) is 6.20 Å². The summed E-state index contributed by atoms with van der Waals surface area (Å²) >= 11 is 5.04. The molecule has 1 aromatic carbocycles. The van der Waals surface area contributed by atoms with Gasteiger partial charge < -0.3 is 5.32 Å². The lowest BCUT2D eigenvalue weighted by molar-refractivity contribution is 1.07. The third kappa shape index (κ3) is 2.62. The van der Waals surface area contributed by atoms with E-state index < -0.39 is 0 Å². The Morgan fingerprint density at radius 1 is 1.05 bits per heavy atom. The second-order valence-corrected chi connectivity index (χ2v) is 5.84. The maximum atomic E-state index is 4.54. The van der Waals surface area contributed by atoms with E-state index in [1.807, 2.05) is 43.4 Å². The molecule has 0 unspecified atom stereocenters. The minimum atomic E-state index is 0.609. The van der Waals surface area contributed by atoms with Gasteiger partial charge in [-0.15, -0.1) is 0 Å². The molecule has 0 fully saturated rings. The lowest BCUT2D eigenvalue weighted by atomic mass is 10.2. The highest BCUT2D eigenvalue weighted by Gasteiger charge is 2.10. The van der Waals surface area contributed by atoms with Crippen molar-refractivity contribution in [2.24, 2.45) is 0 Å². The Labute approximate surface area is 129 Å². The largest absolute Gasteiger partial charge is 0.357 e. The van der Waals surface area contributed by atoms with Crippen molar-refractivity contribution in [2.75, 3.05) is 12.4 Å². The number of hydrogen-bond donors (Lipinski definition) is 1. The molecule has 0 spiro atoms. The van der Waals surface area contributed by atoms with Crippen LogP contribution in [0.5, 0.6) is 0 Å².